The highest BCUT2D eigenvalue weighted by atomic mass is 19.4. The number of aromatic nitrogens is 1. The van der Waals surface area contributed by atoms with Gasteiger partial charge in [-0.2, -0.15) is 13.2 Å². The molecule has 0 spiro atoms. The molecule has 21 heavy (non-hydrogen) atoms. The molecule has 4 nitrogen and oxygen atoms in total. The van der Waals surface area contributed by atoms with E-state index in [4.69, 9.17) is 0 Å². The van der Waals surface area contributed by atoms with Crippen LogP contribution in [0, 0.1) is 0 Å². The third-order valence-electron chi connectivity index (χ3n) is 3.85. The largest absolute Gasteiger partial charge is 0.417 e. The Kier molecular flexibility index (Phi) is 3.51. The molecular weight excluding hydrogens is 283 g/mol. The van der Waals surface area contributed by atoms with Crippen LogP contribution in [0.5, 0.6) is 0 Å². The average molecular weight is 299 g/mol. The van der Waals surface area contributed by atoms with E-state index in [1.807, 2.05) is 0 Å². The van der Waals surface area contributed by atoms with Crippen LogP contribution in [0.4, 0.5) is 19.0 Å². The molecule has 1 aromatic heterocycles. The Morgan fingerprint density at radius 3 is 2.62 bits per heavy atom. The molecule has 2 aliphatic rings. The van der Waals surface area contributed by atoms with Gasteiger partial charge >= 0.3 is 6.18 Å². The van der Waals surface area contributed by atoms with Crippen LogP contribution < -0.4 is 10.2 Å². The lowest BCUT2D eigenvalue weighted by atomic mass is 10.2. The molecule has 2 heterocycles. The molecule has 1 aliphatic heterocycles. The van der Waals surface area contributed by atoms with Gasteiger partial charge in [0.15, 0.2) is 0 Å². The fourth-order valence-corrected chi connectivity index (χ4v) is 2.56. The normalized spacial score (nSPS) is 22.4. The maximum absolute atomic E-state index is 12.5. The van der Waals surface area contributed by atoms with E-state index in [0.29, 0.717) is 18.8 Å². The molecule has 1 atom stereocenters. The molecule has 0 bridgehead atoms. The number of nitrogens with one attached hydrogen (secondary N) is 1. The van der Waals surface area contributed by atoms with Crippen molar-refractivity contribution in [2.75, 3.05) is 11.4 Å². The van der Waals surface area contributed by atoms with Crippen molar-refractivity contribution in [3.05, 3.63) is 23.9 Å². The van der Waals surface area contributed by atoms with Gasteiger partial charge in [0.05, 0.1) is 5.56 Å². The number of rotatable bonds is 3. The monoisotopic (exact) mass is 299 g/mol. The fourth-order valence-electron chi connectivity index (χ4n) is 2.56. The number of nitrogens with zero attached hydrogens (tertiary/aromatic N) is 2. The van der Waals surface area contributed by atoms with Crippen molar-refractivity contribution in [1.82, 2.24) is 10.3 Å². The van der Waals surface area contributed by atoms with Gasteiger partial charge < -0.3 is 10.2 Å². The Balaban J connectivity index is 1.73. The standard InChI is InChI=1S/C14H16F3N3O/c15-14(16,17)9-3-6-12(18-8-9)20-7-1-2-11(20)13(21)19-10-4-5-10/h3,6,8,10-11H,1-2,4-5,7H2,(H,19,21)/t11-/m1/s1. The molecule has 1 saturated heterocycles. The number of pyridine rings is 1. The fraction of sp³-hybridized carbons (Fsp3) is 0.571. The first kappa shape index (κ1) is 14.2. The predicted octanol–water partition coefficient (Wildman–Crippen LogP) is 2.35. The summed E-state index contributed by atoms with van der Waals surface area (Å²) in [5.74, 6) is 0.383. The number of hydrogen-bond donors (Lipinski definition) is 1. The Morgan fingerprint density at radius 2 is 2.05 bits per heavy atom. The lowest BCUT2D eigenvalue weighted by Gasteiger charge is -2.25. The quantitative estimate of drug-likeness (QED) is 0.932. The van der Waals surface area contributed by atoms with Crippen molar-refractivity contribution in [3.8, 4) is 0 Å². The third kappa shape index (κ3) is 3.11. The van der Waals surface area contributed by atoms with Gasteiger partial charge in [-0.05, 0) is 37.8 Å². The van der Waals surface area contributed by atoms with E-state index in [2.05, 4.69) is 10.3 Å². The third-order valence-corrected chi connectivity index (χ3v) is 3.85. The summed E-state index contributed by atoms with van der Waals surface area (Å²) in [5, 5.41) is 2.94. The van der Waals surface area contributed by atoms with Crippen molar-refractivity contribution < 1.29 is 18.0 Å². The second-order valence-electron chi connectivity index (χ2n) is 5.54. The van der Waals surface area contributed by atoms with Gasteiger partial charge in [-0.1, -0.05) is 0 Å². The van der Waals surface area contributed by atoms with Gasteiger partial charge in [0.25, 0.3) is 0 Å². The minimum Gasteiger partial charge on any atom is -0.352 e. The van der Waals surface area contributed by atoms with Gasteiger partial charge in [0, 0.05) is 18.8 Å². The highest BCUT2D eigenvalue weighted by Crippen LogP contribution is 2.31. The zero-order valence-corrected chi connectivity index (χ0v) is 11.4. The van der Waals surface area contributed by atoms with Crippen LogP contribution in [0.3, 0.4) is 0 Å². The summed E-state index contributed by atoms with van der Waals surface area (Å²) in [5.41, 5.74) is -0.774. The number of halogens is 3. The van der Waals surface area contributed by atoms with Gasteiger partial charge in [0.2, 0.25) is 5.91 Å². The zero-order valence-electron chi connectivity index (χ0n) is 11.4. The van der Waals surface area contributed by atoms with Crippen LogP contribution >= 0.6 is 0 Å². The van der Waals surface area contributed by atoms with Crippen molar-refractivity contribution in [1.29, 1.82) is 0 Å². The average Bonchev–Trinajstić information content (AvgIpc) is 3.11. The predicted molar refractivity (Wildman–Crippen MR) is 70.8 cm³/mol. The first-order valence-corrected chi connectivity index (χ1v) is 7.05. The van der Waals surface area contributed by atoms with Crippen LogP contribution in [0.25, 0.3) is 0 Å². The van der Waals surface area contributed by atoms with E-state index in [1.54, 1.807) is 4.90 Å². The Labute approximate surface area is 120 Å². The molecule has 1 aromatic rings. The van der Waals surface area contributed by atoms with Crippen LogP contribution in [0.1, 0.15) is 31.2 Å². The molecule has 0 aromatic carbocycles. The molecule has 7 heteroatoms. The topological polar surface area (TPSA) is 45.2 Å². The van der Waals surface area contributed by atoms with Crippen molar-refractivity contribution in [2.45, 2.75) is 43.9 Å². The molecular formula is C14H16F3N3O. The SMILES string of the molecule is O=C(NC1CC1)[C@H]1CCCN1c1ccc(C(F)(F)F)cn1. The van der Waals surface area contributed by atoms with Gasteiger partial charge in [0.1, 0.15) is 11.9 Å². The molecule has 1 amide bonds. The van der Waals surface area contributed by atoms with Crippen LogP contribution in [0.2, 0.25) is 0 Å². The smallest absolute Gasteiger partial charge is 0.352 e. The number of amides is 1. The lowest BCUT2D eigenvalue weighted by molar-refractivity contribution is -0.137. The number of anilines is 1. The Morgan fingerprint density at radius 1 is 1.29 bits per heavy atom. The molecule has 0 unspecified atom stereocenters. The summed E-state index contributed by atoms with van der Waals surface area (Å²) >= 11 is 0. The highest BCUT2D eigenvalue weighted by molar-refractivity contribution is 5.86. The van der Waals surface area contributed by atoms with E-state index in [-0.39, 0.29) is 18.0 Å². The summed E-state index contributed by atoms with van der Waals surface area (Å²) in [6.07, 6.45) is 0.00346. The van der Waals surface area contributed by atoms with Crippen molar-refractivity contribution in [3.63, 3.8) is 0 Å². The van der Waals surface area contributed by atoms with Crippen LogP contribution in [-0.4, -0.2) is 29.5 Å². The maximum atomic E-state index is 12.5. The first-order valence-electron chi connectivity index (χ1n) is 7.05. The highest BCUT2D eigenvalue weighted by Gasteiger charge is 2.35. The molecule has 1 N–H and O–H groups in total. The molecule has 1 aliphatic carbocycles. The first-order chi connectivity index (χ1) is 9.95. The van der Waals surface area contributed by atoms with Crippen molar-refractivity contribution in [2.24, 2.45) is 0 Å². The van der Waals surface area contributed by atoms with E-state index >= 15 is 0 Å². The maximum Gasteiger partial charge on any atom is 0.417 e. The number of carbonyl (C=O) groups excluding carboxylic acids is 1. The molecule has 3 rings (SSSR count). The second-order valence-corrected chi connectivity index (χ2v) is 5.54. The van der Waals surface area contributed by atoms with Gasteiger partial charge in [-0.15, -0.1) is 0 Å². The zero-order chi connectivity index (χ0) is 15.0. The molecule has 1 saturated carbocycles. The minimum absolute atomic E-state index is 0.0447. The van der Waals surface area contributed by atoms with Crippen molar-refractivity contribution >= 4 is 11.7 Å². The molecule has 0 radical (unpaired) electrons. The lowest BCUT2D eigenvalue weighted by Crippen LogP contribution is -2.44. The van der Waals surface area contributed by atoms with E-state index in [9.17, 15) is 18.0 Å². The van der Waals surface area contributed by atoms with E-state index < -0.39 is 11.7 Å². The number of hydrogen-bond acceptors (Lipinski definition) is 3. The van der Waals surface area contributed by atoms with Crippen LogP contribution in [-0.2, 0) is 11.0 Å². The summed E-state index contributed by atoms with van der Waals surface area (Å²) in [6.45, 7) is 0.640. The second kappa shape index (κ2) is 5.20. The summed E-state index contributed by atoms with van der Waals surface area (Å²) in [6, 6.07) is 2.30. The Hall–Kier alpha value is -1.79. The van der Waals surface area contributed by atoms with Gasteiger partial charge in [-0.25, -0.2) is 4.98 Å². The minimum atomic E-state index is -4.39. The number of carbonyl (C=O) groups is 1. The summed E-state index contributed by atoms with van der Waals surface area (Å²) in [7, 11) is 0. The summed E-state index contributed by atoms with van der Waals surface area (Å²) in [4.78, 5) is 17.8. The van der Waals surface area contributed by atoms with Gasteiger partial charge in [-0.3, -0.25) is 4.79 Å². The molecule has 2 fully saturated rings. The van der Waals surface area contributed by atoms with E-state index in [1.165, 1.54) is 6.07 Å². The summed E-state index contributed by atoms with van der Waals surface area (Å²) < 4.78 is 37.6. The van der Waals surface area contributed by atoms with Crippen LogP contribution in [0.15, 0.2) is 18.3 Å². The number of alkyl halides is 3. The van der Waals surface area contributed by atoms with E-state index in [0.717, 1.165) is 31.5 Å². The Bertz CT molecular complexity index is 525. The molecule has 114 valence electrons.